The molecule has 2 aliphatic rings. The van der Waals surface area contributed by atoms with Crippen molar-refractivity contribution in [2.75, 3.05) is 13.7 Å². The Balaban J connectivity index is 1.68. The first-order valence-corrected chi connectivity index (χ1v) is 7.87. The molecule has 2 bridgehead atoms. The van der Waals surface area contributed by atoms with Crippen molar-refractivity contribution in [1.82, 2.24) is 5.32 Å². The van der Waals surface area contributed by atoms with Crippen LogP contribution in [0.4, 0.5) is 0 Å². The largest absolute Gasteiger partial charge is 0.381 e. The van der Waals surface area contributed by atoms with Gasteiger partial charge in [-0.15, -0.1) is 0 Å². The van der Waals surface area contributed by atoms with E-state index in [4.69, 9.17) is 4.74 Å². The summed E-state index contributed by atoms with van der Waals surface area (Å²) in [7, 11) is 1.89. The quantitative estimate of drug-likeness (QED) is 0.884. The second-order valence-corrected chi connectivity index (χ2v) is 7.16. The van der Waals surface area contributed by atoms with Crippen molar-refractivity contribution in [2.45, 2.75) is 45.8 Å². The normalized spacial score (nSPS) is 34.5. The van der Waals surface area contributed by atoms with Crippen LogP contribution in [0, 0.1) is 16.7 Å². The number of hydrogen-bond acceptors (Lipinski definition) is 2. The number of benzene rings is 1. The number of methoxy groups -OCH3 is 1. The molecular weight excluding hydrogens is 246 g/mol. The highest BCUT2D eigenvalue weighted by Crippen LogP contribution is 2.66. The maximum Gasteiger partial charge on any atom is 0.0647 e. The molecule has 2 aliphatic carbocycles. The van der Waals surface area contributed by atoms with Crippen LogP contribution in [0.5, 0.6) is 0 Å². The highest BCUT2D eigenvalue weighted by molar-refractivity contribution is 5.16. The second kappa shape index (κ2) is 5.16. The zero-order chi connectivity index (χ0) is 14.2. The van der Waals surface area contributed by atoms with Gasteiger partial charge in [-0.25, -0.2) is 0 Å². The molecule has 0 aromatic heterocycles. The summed E-state index contributed by atoms with van der Waals surface area (Å²) in [6.45, 7) is 6.94. The van der Waals surface area contributed by atoms with Crippen LogP contribution >= 0.6 is 0 Å². The van der Waals surface area contributed by atoms with E-state index in [1.54, 1.807) is 0 Å². The van der Waals surface area contributed by atoms with Gasteiger partial charge in [-0.2, -0.15) is 0 Å². The molecule has 3 rings (SSSR count). The minimum Gasteiger partial charge on any atom is -0.381 e. The number of fused-ring (bicyclic) bond motifs is 2. The Morgan fingerprint density at radius 3 is 2.65 bits per heavy atom. The van der Waals surface area contributed by atoms with E-state index in [9.17, 15) is 0 Å². The lowest BCUT2D eigenvalue weighted by Gasteiger charge is -2.42. The molecule has 1 aromatic rings. The average molecular weight is 273 g/mol. The fourth-order valence-electron chi connectivity index (χ4n) is 4.77. The van der Waals surface area contributed by atoms with Crippen molar-refractivity contribution in [1.29, 1.82) is 0 Å². The number of ether oxygens (including phenoxy) is 1. The van der Waals surface area contributed by atoms with E-state index in [1.807, 2.05) is 7.11 Å². The fraction of sp³-hybridized carbons (Fsp3) is 0.667. The minimum atomic E-state index is 0.321. The summed E-state index contributed by atoms with van der Waals surface area (Å²) >= 11 is 0. The lowest BCUT2D eigenvalue weighted by atomic mass is 9.68. The molecule has 0 amide bonds. The first kappa shape index (κ1) is 14.1. The van der Waals surface area contributed by atoms with Crippen molar-refractivity contribution >= 4 is 0 Å². The molecule has 1 N–H and O–H groups in total. The Labute approximate surface area is 122 Å². The summed E-state index contributed by atoms with van der Waals surface area (Å²) in [6.07, 6.45) is 4.36. The zero-order valence-electron chi connectivity index (χ0n) is 13.0. The van der Waals surface area contributed by atoms with E-state index < -0.39 is 0 Å². The van der Waals surface area contributed by atoms with Gasteiger partial charge >= 0.3 is 0 Å². The summed E-state index contributed by atoms with van der Waals surface area (Å²) in [5.41, 5.74) is 2.08. The third-order valence-electron chi connectivity index (χ3n) is 6.25. The highest BCUT2D eigenvalue weighted by atomic mass is 16.5. The van der Waals surface area contributed by atoms with Crippen molar-refractivity contribution in [3.63, 3.8) is 0 Å². The van der Waals surface area contributed by atoms with Gasteiger partial charge in [-0.3, -0.25) is 0 Å². The molecule has 0 saturated heterocycles. The summed E-state index contributed by atoms with van der Waals surface area (Å²) in [5, 5.41) is 3.70. The molecular formula is C18H27NO. The molecule has 1 unspecified atom stereocenters. The van der Waals surface area contributed by atoms with Crippen LogP contribution in [0.2, 0.25) is 0 Å². The van der Waals surface area contributed by atoms with Crippen LogP contribution in [0.25, 0.3) is 0 Å². The summed E-state index contributed by atoms with van der Waals surface area (Å²) < 4.78 is 5.85. The molecule has 2 fully saturated rings. The van der Waals surface area contributed by atoms with Crippen molar-refractivity contribution < 1.29 is 4.74 Å². The van der Waals surface area contributed by atoms with Crippen molar-refractivity contribution in [2.24, 2.45) is 16.7 Å². The molecule has 3 atom stereocenters. The molecule has 20 heavy (non-hydrogen) atoms. The Kier molecular flexibility index (Phi) is 3.64. The Morgan fingerprint density at radius 2 is 2.00 bits per heavy atom. The summed E-state index contributed by atoms with van der Waals surface area (Å²) in [4.78, 5) is 0. The maximum atomic E-state index is 5.85. The van der Waals surface area contributed by atoms with Crippen LogP contribution in [0.3, 0.4) is 0 Å². The number of nitrogens with one attached hydrogen (secondary N) is 1. The lowest BCUT2D eigenvalue weighted by molar-refractivity contribution is -0.0319. The first-order valence-electron chi connectivity index (χ1n) is 7.87. The number of hydrogen-bond donors (Lipinski definition) is 1. The highest BCUT2D eigenvalue weighted by Gasteiger charge is 2.63. The van der Waals surface area contributed by atoms with Crippen LogP contribution in [0.15, 0.2) is 30.3 Å². The van der Waals surface area contributed by atoms with E-state index >= 15 is 0 Å². The summed E-state index contributed by atoms with van der Waals surface area (Å²) in [5.74, 6) is 0.839. The molecule has 0 radical (unpaired) electrons. The van der Waals surface area contributed by atoms with Gasteiger partial charge in [0, 0.05) is 25.6 Å². The predicted octanol–water partition coefficient (Wildman–Crippen LogP) is 3.62. The lowest BCUT2D eigenvalue weighted by Crippen LogP contribution is -2.47. The van der Waals surface area contributed by atoms with Gasteiger partial charge in [0.25, 0.3) is 0 Å². The molecule has 0 spiro atoms. The molecule has 1 aromatic carbocycles. The van der Waals surface area contributed by atoms with Crippen LogP contribution in [-0.2, 0) is 11.3 Å². The van der Waals surface area contributed by atoms with Crippen molar-refractivity contribution in [3.05, 3.63) is 35.9 Å². The van der Waals surface area contributed by atoms with Crippen LogP contribution in [-0.4, -0.2) is 19.8 Å². The second-order valence-electron chi connectivity index (χ2n) is 7.16. The van der Waals surface area contributed by atoms with Gasteiger partial charge in [-0.1, -0.05) is 44.2 Å². The Morgan fingerprint density at radius 1 is 1.25 bits per heavy atom. The zero-order valence-corrected chi connectivity index (χ0v) is 13.0. The van der Waals surface area contributed by atoms with Gasteiger partial charge < -0.3 is 10.1 Å². The Bertz CT molecular complexity index is 456. The monoisotopic (exact) mass is 273 g/mol. The smallest absolute Gasteiger partial charge is 0.0647 e. The Hall–Kier alpha value is -0.860. The maximum absolute atomic E-state index is 5.85. The van der Waals surface area contributed by atoms with E-state index in [-0.39, 0.29) is 0 Å². The van der Waals surface area contributed by atoms with Crippen LogP contribution < -0.4 is 5.32 Å². The van der Waals surface area contributed by atoms with E-state index in [0.717, 1.165) is 19.0 Å². The van der Waals surface area contributed by atoms with Crippen LogP contribution in [0.1, 0.15) is 38.7 Å². The minimum absolute atomic E-state index is 0.321. The first-order chi connectivity index (χ1) is 9.60. The molecule has 2 saturated carbocycles. The third kappa shape index (κ3) is 2.01. The topological polar surface area (TPSA) is 21.3 Å². The van der Waals surface area contributed by atoms with Gasteiger partial charge in [0.2, 0.25) is 0 Å². The van der Waals surface area contributed by atoms with Gasteiger partial charge in [0.15, 0.2) is 0 Å². The molecule has 2 nitrogen and oxygen atoms in total. The van der Waals surface area contributed by atoms with Gasteiger partial charge in [0.05, 0.1) is 6.10 Å². The van der Waals surface area contributed by atoms with Gasteiger partial charge in [-0.05, 0) is 36.2 Å². The molecule has 110 valence electrons. The standard InChI is InChI=1S/C18H27NO/c1-17(2)15-9-10-18(17,16(11-15)20-3)13-19-12-14-7-5-4-6-8-14/h4-8,15-16,19H,9-13H2,1-3H3/t15?,16-,18-/m1/s1. The third-order valence-corrected chi connectivity index (χ3v) is 6.25. The summed E-state index contributed by atoms with van der Waals surface area (Å²) in [6, 6.07) is 10.7. The van der Waals surface area contributed by atoms with Gasteiger partial charge in [0.1, 0.15) is 0 Å². The van der Waals surface area contributed by atoms with E-state index in [1.165, 1.54) is 24.8 Å². The SMILES string of the molecule is CO[C@@H]1CC2CC[C@]1(CNCc1ccccc1)C2(C)C. The number of rotatable bonds is 5. The van der Waals surface area contributed by atoms with E-state index in [0.29, 0.717) is 16.9 Å². The molecule has 0 aliphatic heterocycles. The van der Waals surface area contributed by atoms with E-state index in [2.05, 4.69) is 49.5 Å². The average Bonchev–Trinajstić information content (AvgIpc) is 2.83. The van der Waals surface area contributed by atoms with Crippen molar-refractivity contribution in [3.8, 4) is 0 Å². The fourth-order valence-corrected chi connectivity index (χ4v) is 4.77. The molecule has 0 heterocycles. The molecule has 2 heteroatoms. The predicted molar refractivity (Wildman–Crippen MR) is 82.5 cm³/mol.